The summed E-state index contributed by atoms with van der Waals surface area (Å²) in [6.45, 7) is -0.953. The Morgan fingerprint density at radius 1 is 0.886 bits per heavy atom. The molecule has 7 nitrogen and oxygen atoms in total. The van der Waals surface area contributed by atoms with Gasteiger partial charge in [-0.2, -0.15) is 5.26 Å². The van der Waals surface area contributed by atoms with Crippen molar-refractivity contribution >= 4 is 29.4 Å². The Kier molecular flexibility index (Phi) is 7.46. The van der Waals surface area contributed by atoms with Gasteiger partial charge in [-0.15, -0.1) is 0 Å². The molecule has 3 aromatic carbocycles. The van der Waals surface area contributed by atoms with Crippen molar-refractivity contribution in [2.24, 2.45) is 0 Å². The van der Waals surface area contributed by atoms with E-state index in [1.165, 1.54) is 0 Å². The summed E-state index contributed by atoms with van der Waals surface area (Å²) in [5.41, 5.74) is 2.23. The van der Waals surface area contributed by atoms with Crippen molar-refractivity contribution in [1.82, 2.24) is 0 Å². The molecule has 1 aromatic heterocycles. The molecule has 0 radical (unpaired) electrons. The predicted molar refractivity (Wildman–Crippen MR) is 131 cm³/mol. The van der Waals surface area contributed by atoms with E-state index < -0.39 is 18.5 Å². The van der Waals surface area contributed by atoms with E-state index in [9.17, 15) is 14.9 Å². The summed E-state index contributed by atoms with van der Waals surface area (Å²) in [5, 5.41) is 13.0. The van der Waals surface area contributed by atoms with Gasteiger partial charge in [-0.05, 0) is 29.8 Å². The third-order valence-electron chi connectivity index (χ3n) is 4.91. The normalized spacial score (nSPS) is 10.3. The number of carbonyl (C=O) groups excluding carboxylic acids is 2. The van der Waals surface area contributed by atoms with Crippen LogP contribution in [0.4, 0.5) is 5.88 Å². The van der Waals surface area contributed by atoms with Gasteiger partial charge in [0.05, 0.1) is 0 Å². The fourth-order valence-electron chi connectivity index (χ4n) is 3.32. The van der Waals surface area contributed by atoms with Crippen LogP contribution in [0.3, 0.4) is 0 Å². The highest BCUT2D eigenvalue weighted by molar-refractivity contribution is 6.30. The average Bonchev–Trinajstić information content (AvgIpc) is 3.26. The first-order valence-electron chi connectivity index (χ1n) is 10.6. The maximum Gasteiger partial charge on any atom is 0.344 e. The van der Waals surface area contributed by atoms with Crippen LogP contribution in [0.25, 0.3) is 22.5 Å². The average molecular weight is 487 g/mol. The van der Waals surface area contributed by atoms with Gasteiger partial charge in [-0.1, -0.05) is 72.3 Å². The Balaban J connectivity index is 1.47. The number of hydrogen-bond donors (Lipinski definition) is 1. The van der Waals surface area contributed by atoms with E-state index in [4.69, 9.17) is 25.5 Å². The Morgan fingerprint density at radius 3 is 2.14 bits per heavy atom. The topological polar surface area (TPSA) is 102 Å². The van der Waals surface area contributed by atoms with Gasteiger partial charge < -0.3 is 13.9 Å². The van der Waals surface area contributed by atoms with E-state index in [-0.39, 0.29) is 18.1 Å². The number of benzene rings is 3. The molecular formula is C27H19ClN2O5. The first-order chi connectivity index (χ1) is 17.0. The summed E-state index contributed by atoms with van der Waals surface area (Å²) in [5.74, 6) is -0.535. The number of rotatable bonds is 8. The monoisotopic (exact) mass is 486 g/mol. The number of anilines is 1. The summed E-state index contributed by atoms with van der Waals surface area (Å²) in [7, 11) is 0. The number of esters is 1. The summed E-state index contributed by atoms with van der Waals surface area (Å²) < 4.78 is 16.2. The first-order valence-corrected chi connectivity index (χ1v) is 10.9. The van der Waals surface area contributed by atoms with Crippen molar-refractivity contribution in [3.63, 3.8) is 0 Å². The minimum Gasteiger partial charge on any atom is -0.482 e. The standard InChI is InChI=1S/C27H19ClN2O5/c28-20-11-13-21(14-12-20)33-17-24(32)34-16-23(31)30-27-22(15-29)25(18-7-3-1-4-8-18)26(35-27)19-9-5-2-6-10-19/h1-14H,16-17H2,(H,30,31). The van der Waals surface area contributed by atoms with Crippen molar-refractivity contribution in [1.29, 1.82) is 5.26 Å². The molecule has 0 bridgehead atoms. The highest BCUT2D eigenvalue weighted by Crippen LogP contribution is 2.41. The summed E-state index contributed by atoms with van der Waals surface area (Å²) in [6, 6.07) is 27.1. The molecule has 1 amide bonds. The van der Waals surface area contributed by atoms with Crippen LogP contribution in [0.1, 0.15) is 5.56 Å². The predicted octanol–water partition coefficient (Wildman–Crippen LogP) is 5.70. The minimum atomic E-state index is -0.731. The number of amides is 1. The van der Waals surface area contributed by atoms with Crippen LogP contribution in [0.5, 0.6) is 5.75 Å². The number of halogens is 1. The molecule has 0 saturated carbocycles. The Hall–Kier alpha value is -4.54. The fraction of sp³-hybridized carbons (Fsp3) is 0.0741. The molecule has 35 heavy (non-hydrogen) atoms. The van der Waals surface area contributed by atoms with E-state index in [1.54, 1.807) is 24.3 Å². The molecule has 174 valence electrons. The number of furan rings is 1. The van der Waals surface area contributed by atoms with Crippen molar-refractivity contribution in [2.45, 2.75) is 0 Å². The van der Waals surface area contributed by atoms with Gasteiger partial charge in [0.1, 0.15) is 23.1 Å². The van der Waals surface area contributed by atoms with E-state index in [1.807, 2.05) is 60.7 Å². The van der Waals surface area contributed by atoms with Gasteiger partial charge in [-0.25, -0.2) is 4.79 Å². The number of ether oxygens (including phenoxy) is 2. The minimum absolute atomic E-state index is 0.0244. The molecule has 0 aliphatic rings. The van der Waals surface area contributed by atoms with Crippen LogP contribution >= 0.6 is 11.6 Å². The maximum absolute atomic E-state index is 12.5. The lowest BCUT2D eigenvalue weighted by Crippen LogP contribution is -2.23. The largest absolute Gasteiger partial charge is 0.482 e. The molecule has 0 atom stereocenters. The molecule has 4 rings (SSSR count). The summed E-state index contributed by atoms with van der Waals surface area (Å²) in [4.78, 5) is 24.4. The number of nitrogens with zero attached hydrogens (tertiary/aromatic N) is 1. The molecule has 0 aliphatic heterocycles. The molecule has 1 N–H and O–H groups in total. The highest BCUT2D eigenvalue weighted by Gasteiger charge is 2.24. The molecule has 0 saturated heterocycles. The molecule has 4 aromatic rings. The second-order valence-corrected chi connectivity index (χ2v) is 7.74. The zero-order valence-corrected chi connectivity index (χ0v) is 19.1. The van der Waals surface area contributed by atoms with Gasteiger partial charge in [0.25, 0.3) is 5.91 Å². The molecule has 0 spiro atoms. The Bertz CT molecular complexity index is 1360. The Morgan fingerprint density at radius 2 is 1.51 bits per heavy atom. The van der Waals surface area contributed by atoms with Crippen LogP contribution in [-0.4, -0.2) is 25.1 Å². The zero-order valence-electron chi connectivity index (χ0n) is 18.4. The van der Waals surface area contributed by atoms with Crippen LogP contribution in [0, 0.1) is 11.3 Å². The van der Waals surface area contributed by atoms with E-state index in [0.29, 0.717) is 22.1 Å². The highest BCUT2D eigenvalue weighted by atomic mass is 35.5. The van der Waals surface area contributed by atoms with Crippen molar-refractivity contribution in [3.05, 3.63) is 95.5 Å². The van der Waals surface area contributed by atoms with E-state index in [0.717, 1.165) is 11.1 Å². The molecule has 0 fully saturated rings. The smallest absolute Gasteiger partial charge is 0.344 e. The van der Waals surface area contributed by atoms with E-state index >= 15 is 0 Å². The van der Waals surface area contributed by atoms with Gasteiger partial charge in [0.15, 0.2) is 13.2 Å². The van der Waals surface area contributed by atoms with Crippen LogP contribution in [-0.2, 0) is 14.3 Å². The summed E-state index contributed by atoms with van der Waals surface area (Å²) in [6.07, 6.45) is 0. The fourth-order valence-corrected chi connectivity index (χ4v) is 3.45. The zero-order chi connectivity index (χ0) is 24.6. The van der Waals surface area contributed by atoms with Crippen LogP contribution in [0.2, 0.25) is 5.02 Å². The number of carbonyl (C=O) groups is 2. The van der Waals surface area contributed by atoms with Crippen LogP contribution in [0.15, 0.2) is 89.3 Å². The summed E-state index contributed by atoms with van der Waals surface area (Å²) >= 11 is 5.81. The number of nitrogens with one attached hydrogen (secondary N) is 1. The van der Waals surface area contributed by atoms with Crippen molar-refractivity contribution in [2.75, 3.05) is 18.5 Å². The van der Waals surface area contributed by atoms with Gasteiger partial charge in [0.2, 0.25) is 5.88 Å². The number of hydrogen-bond acceptors (Lipinski definition) is 6. The lowest BCUT2D eigenvalue weighted by molar-refractivity contribution is -0.149. The lowest BCUT2D eigenvalue weighted by atomic mass is 9.98. The van der Waals surface area contributed by atoms with Crippen molar-refractivity contribution in [3.8, 4) is 34.3 Å². The van der Waals surface area contributed by atoms with Crippen molar-refractivity contribution < 1.29 is 23.5 Å². The number of nitriles is 1. The maximum atomic E-state index is 12.5. The van der Waals surface area contributed by atoms with Gasteiger partial charge in [-0.3, -0.25) is 10.1 Å². The molecular weight excluding hydrogens is 468 g/mol. The van der Waals surface area contributed by atoms with Gasteiger partial charge in [0, 0.05) is 16.1 Å². The first kappa shape index (κ1) is 23.6. The third kappa shape index (κ3) is 5.88. The van der Waals surface area contributed by atoms with E-state index in [2.05, 4.69) is 11.4 Å². The second-order valence-electron chi connectivity index (χ2n) is 7.31. The molecule has 0 unspecified atom stereocenters. The Labute approximate surface area is 206 Å². The third-order valence-corrected chi connectivity index (χ3v) is 5.16. The molecule has 8 heteroatoms. The SMILES string of the molecule is N#Cc1c(NC(=O)COC(=O)COc2ccc(Cl)cc2)oc(-c2ccccc2)c1-c1ccccc1. The molecule has 1 heterocycles. The van der Waals surface area contributed by atoms with Crippen LogP contribution < -0.4 is 10.1 Å². The van der Waals surface area contributed by atoms with Gasteiger partial charge >= 0.3 is 5.97 Å². The lowest BCUT2D eigenvalue weighted by Gasteiger charge is -2.07. The quantitative estimate of drug-likeness (QED) is 0.320. The molecule has 0 aliphatic carbocycles. The second kappa shape index (κ2) is 11.1.